The topological polar surface area (TPSA) is 28.7 Å². The van der Waals surface area contributed by atoms with Gasteiger partial charge in [0.2, 0.25) is 0 Å². The Balaban J connectivity index is 1.94. The Morgan fingerprint density at radius 1 is 0.944 bits per heavy atom. The highest BCUT2D eigenvalue weighted by Crippen LogP contribution is 2.34. The molecule has 1 N–H and O–H groups in total. The predicted molar refractivity (Wildman–Crippen MR) is 76.9 cm³/mol. The molecule has 2 aromatic heterocycles. The lowest BCUT2D eigenvalue weighted by atomic mass is 10.1. The van der Waals surface area contributed by atoms with E-state index in [0.717, 1.165) is 10.9 Å². The molecule has 4 rings (SSSR count). The van der Waals surface area contributed by atoms with Gasteiger partial charge in [-0.2, -0.15) is 5.10 Å². The number of hydrogen-bond donors (Lipinski definition) is 1. The summed E-state index contributed by atoms with van der Waals surface area (Å²) in [4.78, 5) is 1.30. The number of nitrogens with zero attached hydrogens (tertiary/aromatic N) is 1. The predicted octanol–water partition coefficient (Wildman–Crippen LogP) is 4.44. The second-order valence-corrected chi connectivity index (χ2v) is 5.40. The van der Waals surface area contributed by atoms with E-state index in [-0.39, 0.29) is 0 Å². The molecule has 0 unspecified atom stereocenters. The molecular formula is C15H10N2S. The maximum Gasteiger partial charge on any atom is 0.0656 e. The molecule has 0 aliphatic heterocycles. The Bertz CT molecular complexity index is 809. The summed E-state index contributed by atoms with van der Waals surface area (Å²) in [6.07, 6.45) is 1.85. The van der Waals surface area contributed by atoms with Crippen molar-refractivity contribution >= 4 is 32.3 Å². The van der Waals surface area contributed by atoms with Gasteiger partial charge in [-0.3, -0.25) is 5.10 Å². The second kappa shape index (κ2) is 3.68. The summed E-state index contributed by atoms with van der Waals surface area (Å²) in [6.45, 7) is 0. The number of hydrogen-bond acceptors (Lipinski definition) is 2. The van der Waals surface area contributed by atoms with E-state index in [1.165, 1.54) is 20.5 Å². The normalized spacial score (nSPS) is 11.3. The third kappa shape index (κ3) is 1.45. The van der Waals surface area contributed by atoms with Crippen molar-refractivity contribution < 1.29 is 0 Å². The molecule has 4 aromatic rings. The quantitative estimate of drug-likeness (QED) is 0.531. The van der Waals surface area contributed by atoms with Gasteiger partial charge in [-0.05, 0) is 29.1 Å². The van der Waals surface area contributed by atoms with E-state index in [4.69, 9.17) is 0 Å². The van der Waals surface area contributed by atoms with Crippen LogP contribution in [0.5, 0.6) is 0 Å². The van der Waals surface area contributed by atoms with Gasteiger partial charge in [0.25, 0.3) is 0 Å². The minimum atomic E-state index is 1.09. The van der Waals surface area contributed by atoms with Crippen LogP contribution >= 0.6 is 11.3 Å². The standard InChI is InChI=1S/C15H10N2S/c1-2-4-14-10(3-1)8-15(18-14)11-5-6-12-9-16-17-13(12)7-11/h1-9H,(H,16,17). The Hall–Kier alpha value is -2.13. The largest absolute Gasteiger partial charge is 0.278 e. The third-order valence-electron chi connectivity index (χ3n) is 3.15. The molecule has 3 heteroatoms. The minimum Gasteiger partial charge on any atom is -0.278 e. The van der Waals surface area contributed by atoms with Gasteiger partial charge in [0.05, 0.1) is 11.7 Å². The van der Waals surface area contributed by atoms with Crippen LogP contribution in [0.1, 0.15) is 0 Å². The molecule has 18 heavy (non-hydrogen) atoms. The molecule has 0 aliphatic rings. The lowest BCUT2D eigenvalue weighted by Gasteiger charge is -1.96. The summed E-state index contributed by atoms with van der Waals surface area (Å²) in [7, 11) is 0. The number of nitrogens with one attached hydrogen (secondary N) is 1. The van der Waals surface area contributed by atoms with Gasteiger partial charge in [0.15, 0.2) is 0 Å². The lowest BCUT2D eigenvalue weighted by Crippen LogP contribution is -1.73. The first-order valence-electron chi connectivity index (χ1n) is 5.82. The van der Waals surface area contributed by atoms with Crippen molar-refractivity contribution in [2.45, 2.75) is 0 Å². The molecular weight excluding hydrogens is 240 g/mol. The van der Waals surface area contributed by atoms with Gasteiger partial charge in [-0.1, -0.05) is 30.3 Å². The zero-order chi connectivity index (χ0) is 11.9. The van der Waals surface area contributed by atoms with Crippen LogP contribution in [-0.2, 0) is 0 Å². The van der Waals surface area contributed by atoms with Crippen LogP contribution in [0, 0.1) is 0 Å². The molecule has 2 nitrogen and oxygen atoms in total. The zero-order valence-electron chi connectivity index (χ0n) is 9.55. The van der Waals surface area contributed by atoms with Crippen molar-refractivity contribution in [3.63, 3.8) is 0 Å². The third-order valence-corrected chi connectivity index (χ3v) is 4.32. The van der Waals surface area contributed by atoms with Crippen LogP contribution in [0.25, 0.3) is 31.4 Å². The lowest BCUT2D eigenvalue weighted by molar-refractivity contribution is 1.12. The van der Waals surface area contributed by atoms with E-state index in [1.807, 2.05) is 17.5 Å². The molecule has 2 aromatic carbocycles. The van der Waals surface area contributed by atoms with Gasteiger partial charge in [-0.15, -0.1) is 11.3 Å². The van der Waals surface area contributed by atoms with E-state index >= 15 is 0 Å². The molecule has 0 amide bonds. The van der Waals surface area contributed by atoms with Crippen LogP contribution in [0.3, 0.4) is 0 Å². The number of aromatic amines is 1. The van der Waals surface area contributed by atoms with Gasteiger partial charge in [0.1, 0.15) is 0 Å². The number of aromatic nitrogens is 2. The smallest absolute Gasteiger partial charge is 0.0656 e. The Morgan fingerprint density at radius 3 is 2.83 bits per heavy atom. The van der Waals surface area contributed by atoms with E-state index in [0.29, 0.717) is 0 Å². The van der Waals surface area contributed by atoms with E-state index < -0.39 is 0 Å². The van der Waals surface area contributed by atoms with Crippen molar-refractivity contribution in [3.8, 4) is 10.4 Å². The first-order valence-corrected chi connectivity index (χ1v) is 6.64. The van der Waals surface area contributed by atoms with Crippen molar-refractivity contribution in [1.29, 1.82) is 0 Å². The first kappa shape index (κ1) is 9.85. The zero-order valence-corrected chi connectivity index (χ0v) is 10.4. The fourth-order valence-electron chi connectivity index (χ4n) is 2.21. The van der Waals surface area contributed by atoms with Crippen molar-refractivity contribution in [1.82, 2.24) is 10.2 Å². The Labute approximate surface area is 108 Å². The van der Waals surface area contributed by atoms with Crippen LogP contribution in [0.2, 0.25) is 0 Å². The van der Waals surface area contributed by atoms with Gasteiger partial charge in [-0.25, -0.2) is 0 Å². The fourth-order valence-corrected chi connectivity index (χ4v) is 3.27. The van der Waals surface area contributed by atoms with Crippen molar-refractivity contribution in [2.75, 3.05) is 0 Å². The summed E-state index contributed by atoms with van der Waals surface area (Å²) in [6, 6.07) is 17.2. The van der Waals surface area contributed by atoms with Crippen LogP contribution < -0.4 is 0 Å². The molecule has 0 saturated heterocycles. The SMILES string of the molecule is c1ccc2sc(-c3ccc4cn[nH]c4c3)cc2c1. The average Bonchev–Trinajstić information content (AvgIpc) is 3.04. The summed E-state index contributed by atoms with van der Waals surface area (Å²) in [5.41, 5.74) is 2.33. The number of fused-ring (bicyclic) bond motifs is 2. The summed E-state index contributed by atoms with van der Waals surface area (Å²) < 4.78 is 1.33. The van der Waals surface area contributed by atoms with Gasteiger partial charge in [0, 0.05) is 15.0 Å². The molecule has 0 spiro atoms. The molecule has 0 fully saturated rings. The first-order chi connectivity index (χ1) is 8.90. The summed E-state index contributed by atoms with van der Waals surface area (Å²) in [5.74, 6) is 0. The van der Waals surface area contributed by atoms with Crippen LogP contribution in [0.15, 0.2) is 54.7 Å². The molecule has 0 bridgehead atoms. The fraction of sp³-hybridized carbons (Fsp3) is 0. The number of thiophene rings is 1. The van der Waals surface area contributed by atoms with Gasteiger partial charge >= 0.3 is 0 Å². The van der Waals surface area contributed by atoms with Crippen LogP contribution in [-0.4, -0.2) is 10.2 Å². The highest BCUT2D eigenvalue weighted by molar-refractivity contribution is 7.22. The van der Waals surface area contributed by atoms with Gasteiger partial charge < -0.3 is 0 Å². The Morgan fingerprint density at radius 2 is 1.89 bits per heavy atom. The van der Waals surface area contributed by atoms with Crippen molar-refractivity contribution in [2.24, 2.45) is 0 Å². The number of rotatable bonds is 1. The summed E-state index contributed by atoms with van der Waals surface area (Å²) >= 11 is 1.83. The van der Waals surface area contributed by atoms with E-state index in [1.54, 1.807) is 0 Å². The second-order valence-electron chi connectivity index (χ2n) is 4.32. The highest BCUT2D eigenvalue weighted by Gasteiger charge is 2.05. The van der Waals surface area contributed by atoms with E-state index in [9.17, 15) is 0 Å². The molecule has 0 saturated carbocycles. The summed E-state index contributed by atoms with van der Waals surface area (Å²) in [5, 5.41) is 9.54. The number of H-pyrrole nitrogens is 1. The highest BCUT2D eigenvalue weighted by atomic mass is 32.1. The maximum absolute atomic E-state index is 4.06. The molecule has 86 valence electrons. The Kier molecular flexibility index (Phi) is 2.02. The molecule has 0 aliphatic carbocycles. The molecule has 0 atom stereocenters. The molecule has 2 heterocycles. The van der Waals surface area contributed by atoms with E-state index in [2.05, 4.69) is 58.7 Å². The maximum atomic E-state index is 4.06. The number of benzene rings is 2. The minimum absolute atomic E-state index is 1.09. The molecule has 0 radical (unpaired) electrons. The monoisotopic (exact) mass is 250 g/mol. The van der Waals surface area contributed by atoms with Crippen molar-refractivity contribution in [3.05, 3.63) is 54.7 Å². The van der Waals surface area contributed by atoms with Crippen LogP contribution in [0.4, 0.5) is 0 Å². The average molecular weight is 250 g/mol.